The molecule has 0 fully saturated rings. The number of allylic oxidation sites excluding steroid dienone is 4. The van der Waals surface area contributed by atoms with Gasteiger partial charge in [0, 0.05) is 0 Å². The number of rotatable bonds is 1. The second-order valence-electron chi connectivity index (χ2n) is 2.41. The fourth-order valence-corrected chi connectivity index (χ4v) is 1.19. The molecule has 1 nitrogen and oxygen atoms in total. The molecule has 1 aliphatic rings. The zero-order valence-corrected chi connectivity index (χ0v) is 7.39. The van der Waals surface area contributed by atoms with E-state index >= 15 is 0 Å². The average molecular weight is 201 g/mol. The number of halogens is 1. The number of hydrogen-bond donors (Lipinski definition) is 0. The van der Waals surface area contributed by atoms with Gasteiger partial charge in [-0.15, -0.1) is 0 Å². The van der Waals surface area contributed by atoms with E-state index in [0.717, 1.165) is 6.42 Å². The van der Waals surface area contributed by atoms with Crippen molar-refractivity contribution in [1.29, 1.82) is 0 Å². The van der Waals surface area contributed by atoms with Crippen molar-refractivity contribution in [3.05, 3.63) is 24.3 Å². The van der Waals surface area contributed by atoms with Gasteiger partial charge in [-0.2, -0.15) is 0 Å². The van der Waals surface area contributed by atoms with E-state index in [1.807, 2.05) is 24.3 Å². The van der Waals surface area contributed by atoms with E-state index in [-0.39, 0.29) is 5.78 Å². The number of carbonyl (C=O) groups excluding carboxylic acids is 1. The minimum Gasteiger partial charge on any atom is -0.298 e. The molecule has 0 amide bonds. The first-order valence-corrected chi connectivity index (χ1v) is 3.99. The van der Waals surface area contributed by atoms with Crippen molar-refractivity contribution in [2.75, 3.05) is 0 Å². The molecule has 0 N–H and O–H groups in total. The normalized spacial score (nSPS) is 30.6. The van der Waals surface area contributed by atoms with Crippen LogP contribution in [-0.2, 0) is 4.79 Å². The van der Waals surface area contributed by atoms with Gasteiger partial charge < -0.3 is 0 Å². The summed E-state index contributed by atoms with van der Waals surface area (Å²) in [5.74, 6) is 0.160. The molecule has 0 radical (unpaired) electrons. The Kier molecular flexibility index (Phi) is 2.09. The van der Waals surface area contributed by atoms with Crippen molar-refractivity contribution in [3.63, 3.8) is 0 Å². The molecular formula is C8H9BrO. The first-order chi connectivity index (χ1) is 4.65. The predicted octanol–water partition coefficient (Wildman–Crippen LogP) is 2.23. The van der Waals surface area contributed by atoms with Gasteiger partial charge in [0.1, 0.15) is 4.32 Å². The molecule has 0 unspecified atom stereocenters. The molecule has 1 aliphatic carbocycles. The summed E-state index contributed by atoms with van der Waals surface area (Å²) in [5.41, 5.74) is 0. The fourth-order valence-electron chi connectivity index (χ4n) is 0.855. The zero-order valence-electron chi connectivity index (χ0n) is 5.80. The van der Waals surface area contributed by atoms with E-state index in [1.165, 1.54) is 0 Å². The average Bonchev–Trinajstić information content (AvgIpc) is 1.89. The lowest BCUT2D eigenvalue weighted by Gasteiger charge is -2.19. The maximum atomic E-state index is 11.0. The highest BCUT2D eigenvalue weighted by atomic mass is 79.9. The molecule has 0 heterocycles. The van der Waals surface area contributed by atoms with Crippen molar-refractivity contribution < 1.29 is 4.79 Å². The van der Waals surface area contributed by atoms with Gasteiger partial charge in [-0.1, -0.05) is 40.2 Å². The van der Waals surface area contributed by atoms with E-state index in [4.69, 9.17) is 0 Å². The van der Waals surface area contributed by atoms with Gasteiger partial charge in [0.2, 0.25) is 0 Å². The molecule has 1 atom stereocenters. The number of hydrogen-bond acceptors (Lipinski definition) is 1. The van der Waals surface area contributed by atoms with E-state index in [9.17, 15) is 4.79 Å². The molecule has 0 aromatic carbocycles. The molecule has 0 bridgehead atoms. The zero-order chi connectivity index (χ0) is 7.61. The van der Waals surface area contributed by atoms with E-state index in [2.05, 4.69) is 15.9 Å². The molecule has 1 rings (SSSR count). The van der Waals surface area contributed by atoms with Crippen LogP contribution in [0, 0.1) is 0 Å². The van der Waals surface area contributed by atoms with Crippen LogP contribution >= 0.6 is 15.9 Å². The van der Waals surface area contributed by atoms with E-state index in [0.29, 0.717) is 0 Å². The quantitative estimate of drug-likeness (QED) is 0.594. The first kappa shape index (κ1) is 7.73. The van der Waals surface area contributed by atoms with Crippen molar-refractivity contribution in [2.24, 2.45) is 0 Å². The van der Waals surface area contributed by atoms with Crippen LogP contribution in [0.3, 0.4) is 0 Å². The van der Waals surface area contributed by atoms with Crippen molar-refractivity contribution in [1.82, 2.24) is 0 Å². The van der Waals surface area contributed by atoms with Crippen LogP contribution in [0.25, 0.3) is 0 Å². The number of ketones is 1. The largest absolute Gasteiger partial charge is 0.298 e. The molecule has 0 spiro atoms. The van der Waals surface area contributed by atoms with Crippen molar-refractivity contribution in [3.8, 4) is 0 Å². The minimum atomic E-state index is -0.415. The Bertz CT molecular complexity index is 205. The van der Waals surface area contributed by atoms with Gasteiger partial charge in [-0.05, 0) is 13.3 Å². The third kappa shape index (κ3) is 1.37. The van der Waals surface area contributed by atoms with Crippen LogP contribution in [0.5, 0.6) is 0 Å². The molecule has 0 aromatic rings. The van der Waals surface area contributed by atoms with Crippen LogP contribution in [0.1, 0.15) is 13.3 Å². The maximum absolute atomic E-state index is 11.0. The lowest BCUT2D eigenvalue weighted by atomic mass is 9.97. The van der Waals surface area contributed by atoms with Crippen LogP contribution in [0.4, 0.5) is 0 Å². The third-order valence-corrected chi connectivity index (χ3v) is 2.75. The highest BCUT2D eigenvalue weighted by Crippen LogP contribution is 2.28. The van der Waals surface area contributed by atoms with Gasteiger partial charge >= 0.3 is 0 Å². The lowest BCUT2D eigenvalue weighted by molar-refractivity contribution is -0.118. The highest BCUT2D eigenvalue weighted by Gasteiger charge is 2.28. The molecule has 0 aliphatic heterocycles. The topological polar surface area (TPSA) is 17.1 Å². The fraction of sp³-hybridized carbons (Fsp3) is 0.375. The van der Waals surface area contributed by atoms with Crippen LogP contribution in [0.2, 0.25) is 0 Å². The monoisotopic (exact) mass is 200 g/mol. The predicted molar refractivity (Wildman–Crippen MR) is 45.2 cm³/mol. The van der Waals surface area contributed by atoms with Crippen LogP contribution < -0.4 is 0 Å². The lowest BCUT2D eigenvalue weighted by Crippen LogP contribution is -2.27. The second-order valence-corrected chi connectivity index (χ2v) is 3.83. The van der Waals surface area contributed by atoms with E-state index in [1.54, 1.807) is 6.92 Å². The molecule has 54 valence electrons. The Morgan fingerprint density at radius 2 is 2.30 bits per heavy atom. The number of alkyl halides is 1. The molecule has 0 saturated carbocycles. The molecule has 0 saturated heterocycles. The Labute approximate surface area is 68.9 Å². The summed E-state index contributed by atoms with van der Waals surface area (Å²) >= 11 is 3.37. The summed E-state index contributed by atoms with van der Waals surface area (Å²) in [6.45, 7) is 1.60. The number of carbonyl (C=O) groups is 1. The van der Waals surface area contributed by atoms with Gasteiger partial charge in [0.15, 0.2) is 5.78 Å². The molecule has 2 heteroatoms. The van der Waals surface area contributed by atoms with Gasteiger partial charge in [-0.25, -0.2) is 0 Å². The van der Waals surface area contributed by atoms with Crippen LogP contribution in [0.15, 0.2) is 24.3 Å². The summed E-state index contributed by atoms with van der Waals surface area (Å²) in [5, 5.41) is 0. The maximum Gasteiger partial charge on any atom is 0.150 e. The van der Waals surface area contributed by atoms with Gasteiger partial charge in [0.05, 0.1) is 0 Å². The highest BCUT2D eigenvalue weighted by molar-refractivity contribution is 9.10. The summed E-state index contributed by atoms with van der Waals surface area (Å²) in [6, 6.07) is 0. The van der Waals surface area contributed by atoms with Gasteiger partial charge in [0.25, 0.3) is 0 Å². The Balaban J connectivity index is 2.80. The van der Waals surface area contributed by atoms with Crippen molar-refractivity contribution >= 4 is 21.7 Å². The Morgan fingerprint density at radius 3 is 2.60 bits per heavy atom. The first-order valence-electron chi connectivity index (χ1n) is 3.19. The third-order valence-electron chi connectivity index (χ3n) is 1.61. The molecule has 10 heavy (non-hydrogen) atoms. The smallest absolute Gasteiger partial charge is 0.150 e. The van der Waals surface area contributed by atoms with Crippen molar-refractivity contribution in [2.45, 2.75) is 17.7 Å². The minimum absolute atomic E-state index is 0.160. The number of Topliss-reactive ketones (excluding diaryl/α,β-unsaturated/α-hetero) is 1. The van der Waals surface area contributed by atoms with E-state index < -0.39 is 4.32 Å². The SMILES string of the molecule is CC(=O)[C@@]1(Br)C=CC=CC1. The Hall–Kier alpha value is -0.370. The molecular weight excluding hydrogens is 192 g/mol. The Morgan fingerprint density at radius 1 is 1.60 bits per heavy atom. The summed E-state index contributed by atoms with van der Waals surface area (Å²) in [4.78, 5) is 11.0. The summed E-state index contributed by atoms with van der Waals surface area (Å²) in [6.07, 6.45) is 8.46. The summed E-state index contributed by atoms with van der Waals surface area (Å²) in [7, 11) is 0. The van der Waals surface area contributed by atoms with Crippen LogP contribution in [-0.4, -0.2) is 10.1 Å². The second kappa shape index (κ2) is 2.70. The molecule has 0 aromatic heterocycles. The van der Waals surface area contributed by atoms with Gasteiger partial charge in [-0.3, -0.25) is 4.79 Å². The standard InChI is InChI=1S/C8H9BrO/c1-7(10)8(9)5-3-2-4-6-8/h2-5H,6H2,1H3/t8-/m1/s1. The summed E-state index contributed by atoms with van der Waals surface area (Å²) < 4.78 is -0.415.